The summed E-state index contributed by atoms with van der Waals surface area (Å²) in [4.78, 5) is 59.9. The Morgan fingerprint density at radius 3 is 2.48 bits per heavy atom. The van der Waals surface area contributed by atoms with Gasteiger partial charge >= 0.3 is 5.97 Å². The van der Waals surface area contributed by atoms with Gasteiger partial charge in [-0.2, -0.15) is 0 Å². The number of aliphatic hydroxyl groups is 1. The predicted octanol–water partition coefficient (Wildman–Crippen LogP) is 3.70. The highest BCUT2D eigenvalue weighted by Gasteiger charge is 2.74. The van der Waals surface area contributed by atoms with Gasteiger partial charge in [0.15, 0.2) is 0 Å². The van der Waals surface area contributed by atoms with E-state index in [1.54, 1.807) is 24.0 Å². The van der Waals surface area contributed by atoms with Crippen molar-refractivity contribution in [2.24, 2.45) is 17.8 Å². The minimum atomic E-state index is -1.38. The number of aliphatic hydroxyl groups excluding tert-OH is 1. The van der Waals surface area contributed by atoms with Crippen LogP contribution < -0.4 is 5.32 Å². The molecule has 5 rings (SSSR count). The van der Waals surface area contributed by atoms with E-state index in [0.717, 1.165) is 12.8 Å². The first-order valence-corrected chi connectivity index (χ1v) is 16.8. The number of rotatable bonds is 8. The van der Waals surface area contributed by atoms with Crippen LogP contribution in [0.25, 0.3) is 0 Å². The lowest BCUT2D eigenvalue weighted by Gasteiger charge is -2.40. The van der Waals surface area contributed by atoms with E-state index < -0.39 is 53.7 Å². The third kappa shape index (κ3) is 6.26. The second-order valence-electron chi connectivity index (χ2n) is 13.7. The van der Waals surface area contributed by atoms with Crippen LogP contribution in [0.15, 0.2) is 54.6 Å². The lowest BCUT2D eigenvalue weighted by atomic mass is 9.74. The number of fused-ring (bicyclic) bond motifs is 2. The molecule has 46 heavy (non-hydrogen) atoms. The van der Waals surface area contributed by atoms with Gasteiger partial charge in [0.2, 0.25) is 17.7 Å². The first-order chi connectivity index (χ1) is 22.0. The van der Waals surface area contributed by atoms with Crippen molar-refractivity contribution in [3.8, 4) is 0 Å². The highest BCUT2D eigenvalue weighted by Crippen LogP contribution is 2.56. The number of carbonyl (C=O) groups is 4. The lowest BCUT2D eigenvalue weighted by molar-refractivity contribution is -0.162. The predicted molar refractivity (Wildman–Crippen MR) is 172 cm³/mol. The topological polar surface area (TPSA) is 125 Å². The van der Waals surface area contributed by atoms with Gasteiger partial charge in [-0.3, -0.25) is 19.2 Å². The zero-order valence-corrected chi connectivity index (χ0v) is 27.6. The standard InChI is InChI=1S/C36H49N3O7/c1-6-13-23(4)38-19-12-8-11-16-28(41)37-24(5)31(25-14-9-7-10-15-25)45-35(44)29-27-17-18-36(46-27)30(29)33(42)39(32(36)34(38)43)26(21-40)20-22(2)3/h7-10,12,14-15,17-18,22-24,26-27,29-32,40H,6,11,13,16,19-21H2,1-5H3,(H,37,41)/b12-8-/t23?,24-,26+,27+,29-,30-,31+,32+,36-/m0/s1. The van der Waals surface area contributed by atoms with Crippen molar-refractivity contribution in [2.45, 2.75) is 109 Å². The number of amides is 3. The summed E-state index contributed by atoms with van der Waals surface area (Å²) in [6.45, 7) is 9.84. The Labute approximate surface area is 272 Å². The molecule has 0 aromatic heterocycles. The maximum absolute atomic E-state index is 14.8. The minimum absolute atomic E-state index is 0.138. The summed E-state index contributed by atoms with van der Waals surface area (Å²) in [5, 5.41) is 13.6. The molecular weight excluding hydrogens is 586 g/mol. The first kappa shape index (κ1) is 33.9. The van der Waals surface area contributed by atoms with Crippen LogP contribution in [0, 0.1) is 17.8 Å². The number of hydrogen-bond donors (Lipinski definition) is 2. The number of hydrogen-bond acceptors (Lipinski definition) is 7. The molecule has 4 aliphatic rings. The van der Waals surface area contributed by atoms with Crippen LogP contribution in [0.5, 0.6) is 0 Å². The van der Waals surface area contributed by atoms with Crippen molar-refractivity contribution in [1.82, 2.24) is 15.1 Å². The molecule has 1 unspecified atom stereocenters. The van der Waals surface area contributed by atoms with Gasteiger partial charge < -0.3 is 29.7 Å². The molecule has 3 amide bonds. The number of carbonyl (C=O) groups excluding carboxylic acids is 4. The van der Waals surface area contributed by atoms with Crippen molar-refractivity contribution in [3.63, 3.8) is 0 Å². The summed E-state index contributed by atoms with van der Waals surface area (Å²) < 4.78 is 12.8. The van der Waals surface area contributed by atoms with Crippen molar-refractivity contribution >= 4 is 23.7 Å². The molecule has 10 heteroatoms. The van der Waals surface area contributed by atoms with Gasteiger partial charge in [-0.25, -0.2) is 0 Å². The van der Waals surface area contributed by atoms with Gasteiger partial charge in [0.1, 0.15) is 23.7 Å². The monoisotopic (exact) mass is 635 g/mol. The van der Waals surface area contributed by atoms with Crippen molar-refractivity contribution in [2.75, 3.05) is 13.2 Å². The van der Waals surface area contributed by atoms with E-state index in [1.807, 2.05) is 63.3 Å². The summed E-state index contributed by atoms with van der Waals surface area (Å²) in [5.74, 6) is -3.32. The van der Waals surface area contributed by atoms with Gasteiger partial charge in [-0.15, -0.1) is 0 Å². The molecule has 1 aromatic carbocycles. The maximum atomic E-state index is 14.8. The summed E-state index contributed by atoms with van der Waals surface area (Å²) in [7, 11) is 0. The van der Waals surface area contributed by atoms with Crippen LogP contribution in [0.2, 0.25) is 0 Å². The van der Waals surface area contributed by atoms with Crippen molar-refractivity contribution in [1.29, 1.82) is 0 Å². The fourth-order valence-corrected chi connectivity index (χ4v) is 7.82. The summed E-state index contributed by atoms with van der Waals surface area (Å²) in [6, 6.07) is 6.83. The van der Waals surface area contributed by atoms with Crippen LogP contribution in [0.3, 0.4) is 0 Å². The summed E-state index contributed by atoms with van der Waals surface area (Å²) in [6.07, 6.45) is 8.59. The van der Waals surface area contributed by atoms with Crippen LogP contribution in [-0.2, 0) is 28.7 Å². The Kier molecular flexibility index (Phi) is 10.4. The molecular formula is C36H49N3O7. The van der Waals surface area contributed by atoms with E-state index in [9.17, 15) is 24.3 Å². The van der Waals surface area contributed by atoms with Gasteiger partial charge in [-0.05, 0) is 44.6 Å². The van der Waals surface area contributed by atoms with Crippen LogP contribution >= 0.6 is 0 Å². The molecule has 250 valence electrons. The number of nitrogens with zero attached hydrogens (tertiary/aromatic N) is 2. The van der Waals surface area contributed by atoms with E-state index in [0.29, 0.717) is 24.9 Å². The number of cyclic esters (lactones) is 1. The number of benzene rings is 1. The Bertz CT molecular complexity index is 1350. The van der Waals surface area contributed by atoms with Crippen LogP contribution in [0.4, 0.5) is 0 Å². The van der Waals surface area contributed by atoms with Crippen molar-refractivity contribution in [3.05, 3.63) is 60.2 Å². The minimum Gasteiger partial charge on any atom is -0.455 e. The molecule has 2 saturated heterocycles. The molecule has 4 aliphatic heterocycles. The largest absolute Gasteiger partial charge is 0.455 e. The quantitative estimate of drug-likeness (QED) is 0.330. The molecule has 0 radical (unpaired) electrons. The molecule has 2 fully saturated rings. The number of likely N-dealkylation sites (tertiary alicyclic amines) is 1. The SMILES string of the molecule is CCCC(C)N1C/C=C\CCC(=O)N[C@@H](C)[C@H](c2ccccc2)OC(=O)[C@@H]2[C@H]3C(=O)N([C@@H](CO)CC(C)C)[C@H](C1=O)[C@]31C=C[C@H]2O1. The maximum Gasteiger partial charge on any atom is 0.313 e. The average Bonchev–Trinajstić information content (AvgIpc) is 3.67. The van der Waals surface area contributed by atoms with E-state index in [2.05, 4.69) is 12.2 Å². The van der Waals surface area contributed by atoms with Gasteiger partial charge in [0.25, 0.3) is 0 Å². The molecule has 1 aromatic rings. The lowest BCUT2D eigenvalue weighted by Crippen LogP contribution is -2.60. The molecule has 1 spiro atoms. The second-order valence-corrected chi connectivity index (χ2v) is 13.7. The number of esters is 1. The molecule has 4 heterocycles. The Balaban J connectivity index is 1.62. The van der Waals surface area contributed by atoms with Gasteiger partial charge in [-0.1, -0.05) is 81.8 Å². The average molecular weight is 636 g/mol. The van der Waals surface area contributed by atoms with Crippen LogP contribution in [0.1, 0.15) is 78.4 Å². The third-order valence-corrected chi connectivity index (χ3v) is 9.91. The van der Waals surface area contributed by atoms with Gasteiger partial charge in [0.05, 0.1) is 30.7 Å². The normalized spacial score (nSPS) is 33.6. The van der Waals surface area contributed by atoms with E-state index >= 15 is 0 Å². The first-order valence-electron chi connectivity index (χ1n) is 16.8. The molecule has 0 aliphatic carbocycles. The van der Waals surface area contributed by atoms with Crippen LogP contribution in [-0.4, -0.2) is 87.6 Å². The Morgan fingerprint density at radius 1 is 1.07 bits per heavy atom. The van der Waals surface area contributed by atoms with Gasteiger partial charge in [0, 0.05) is 19.0 Å². The Hall–Kier alpha value is -3.50. The summed E-state index contributed by atoms with van der Waals surface area (Å²) >= 11 is 0. The fraction of sp³-hybridized carbons (Fsp3) is 0.611. The second kappa shape index (κ2) is 14.1. The number of nitrogens with one attached hydrogen (secondary N) is 1. The molecule has 9 atom stereocenters. The molecule has 5 bridgehead atoms. The molecule has 0 saturated carbocycles. The summed E-state index contributed by atoms with van der Waals surface area (Å²) in [5.41, 5.74) is -0.669. The smallest absolute Gasteiger partial charge is 0.313 e. The fourth-order valence-electron chi connectivity index (χ4n) is 7.82. The van der Waals surface area contributed by atoms with E-state index in [-0.39, 0.29) is 42.7 Å². The zero-order valence-electron chi connectivity index (χ0n) is 27.6. The molecule has 10 nitrogen and oxygen atoms in total. The molecule has 2 N–H and O–H groups in total. The number of ether oxygens (including phenoxy) is 2. The van der Waals surface area contributed by atoms with E-state index in [4.69, 9.17) is 9.47 Å². The highest BCUT2D eigenvalue weighted by molar-refractivity contribution is 5.99. The number of allylic oxidation sites excluding steroid dienone is 1. The Morgan fingerprint density at radius 2 is 1.80 bits per heavy atom. The van der Waals surface area contributed by atoms with Crippen molar-refractivity contribution < 1.29 is 33.8 Å². The van der Waals surface area contributed by atoms with E-state index in [1.165, 1.54) is 4.90 Å². The zero-order chi connectivity index (χ0) is 33.2. The highest BCUT2D eigenvalue weighted by atomic mass is 16.6. The third-order valence-electron chi connectivity index (χ3n) is 9.91.